The number of ether oxygens (including phenoxy) is 3. The fourth-order valence-corrected chi connectivity index (χ4v) is 4.00. The van der Waals surface area contributed by atoms with Gasteiger partial charge in [-0.25, -0.2) is 0 Å². The molecule has 2 aliphatic rings. The molecule has 0 saturated heterocycles. The van der Waals surface area contributed by atoms with E-state index in [0.717, 1.165) is 40.7 Å². The van der Waals surface area contributed by atoms with Crippen molar-refractivity contribution < 1.29 is 19.3 Å². The second-order valence-corrected chi connectivity index (χ2v) is 6.63. The quantitative estimate of drug-likeness (QED) is 0.724. The van der Waals surface area contributed by atoms with Crippen LogP contribution in [-0.4, -0.2) is 18.0 Å². The van der Waals surface area contributed by atoms with Crippen molar-refractivity contribution in [3.63, 3.8) is 0 Å². The second-order valence-electron chi connectivity index (χ2n) is 6.63. The monoisotopic (exact) mass is 334 g/mol. The molecule has 0 bridgehead atoms. The van der Waals surface area contributed by atoms with Gasteiger partial charge in [0.2, 0.25) is 0 Å². The minimum Gasteiger partial charge on any atom is -0.504 e. The van der Waals surface area contributed by atoms with Gasteiger partial charge in [-0.2, -0.15) is 0 Å². The largest absolute Gasteiger partial charge is 0.504 e. The molecule has 5 rings (SSSR count). The smallest absolute Gasteiger partial charge is 0.256 e. The van der Waals surface area contributed by atoms with Crippen LogP contribution < -0.4 is 14.2 Å². The van der Waals surface area contributed by atoms with Crippen LogP contribution in [-0.2, 0) is 12.8 Å². The summed E-state index contributed by atoms with van der Waals surface area (Å²) in [5.74, 6) is 1.46. The lowest BCUT2D eigenvalue weighted by atomic mass is 9.94. The number of rotatable bonds is 1. The fraction of sp³-hybridized carbons (Fsp3) is 0.238. The van der Waals surface area contributed by atoms with Crippen LogP contribution in [0.5, 0.6) is 23.0 Å². The minimum absolute atomic E-state index is 0.158. The van der Waals surface area contributed by atoms with Gasteiger partial charge in [-0.1, -0.05) is 42.5 Å². The summed E-state index contributed by atoms with van der Waals surface area (Å²) in [4.78, 5) is 0. The van der Waals surface area contributed by atoms with Gasteiger partial charge in [-0.15, -0.1) is 0 Å². The number of phenolic OH excluding ortho intramolecular Hbond substituents is 1. The third-order valence-corrected chi connectivity index (χ3v) is 5.17. The van der Waals surface area contributed by atoms with Crippen molar-refractivity contribution >= 4 is 10.8 Å². The Labute approximate surface area is 145 Å². The number of fused-ring (bicyclic) bond motifs is 3. The highest BCUT2D eigenvalue weighted by molar-refractivity contribution is 5.97. The highest BCUT2D eigenvalue weighted by atomic mass is 16.7. The maximum Gasteiger partial charge on any atom is 0.256 e. The van der Waals surface area contributed by atoms with Crippen LogP contribution in [0.3, 0.4) is 0 Å². The first-order chi connectivity index (χ1) is 12.2. The maximum absolute atomic E-state index is 10.8. The molecule has 0 unspecified atom stereocenters. The maximum atomic E-state index is 10.8. The van der Waals surface area contributed by atoms with Gasteiger partial charge in [-0.3, -0.25) is 0 Å². The molecule has 126 valence electrons. The number of aryl methyl sites for hydroxylation is 1. The van der Waals surface area contributed by atoms with Gasteiger partial charge in [0.05, 0.1) is 13.5 Å². The Balaban J connectivity index is 1.65. The molecular formula is C21H18O4. The van der Waals surface area contributed by atoms with E-state index in [4.69, 9.17) is 14.2 Å². The summed E-state index contributed by atoms with van der Waals surface area (Å²) in [6.07, 6.45) is 2.17. The van der Waals surface area contributed by atoms with Crippen molar-refractivity contribution in [1.29, 1.82) is 0 Å². The molecule has 0 aliphatic carbocycles. The Morgan fingerprint density at radius 1 is 1.00 bits per heavy atom. The zero-order valence-corrected chi connectivity index (χ0v) is 13.9. The van der Waals surface area contributed by atoms with Crippen LogP contribution in [0, 0.1) is 0 Å². The van der Waals surface area contributed by atoms with E-state index >= 15 is 0 Å². The summed E-state index contributed by atoms with van der Waals surface area (Å²) in [6.45, 7) is 0. The van der Waals surface area contributed by atoms with Gasteiger partial charge >= 0.3 is 0 Å². The zero-order chi connectivity index (χ0) is 17.0. The van der Waals surface area contributed by atoms with Crippen molar-refractivity contribution in [3.05, 3.63) is 59.7 Å². The van der Waals surface area contributed by atoms with E-state index in [1.807, 2.05) is 42.5 Å². The molecule has 1 atom stereocenters. The first-order valence-corrected chi connectivity index (χ1v) is 8.47. The van der Waals surface area contributed by atoms with Gasteiger partial charge in [0.1, 0.15) is 11.5 Å². The number of hydrogen-bond donors (Lipinski definition) is 1. The number of aromatic hydroxyl groups is 1. The standard InChI is InChI=1S/C21H18O4/c1-23-19-15-8-4-3-7-14(15)18(22)20-16(19)12-21(25-20)11-10-13-6-2-5-9-17(13)24-21/h2-9,22H,10-12H2,1H3/t21-/m0/s1. The molecule has 1 spiro atoms. The van der Waals surface area contributed by atoms with Crippen LogP contribution in [0.2, 0.25) is 0 Å². The molecule has 0 aromatic heterocycles. The first kappa shape index (κ1) is 14.5. The van der Waals surface area contributed by atoms with E-state index in [0.29, 0.717) is 12.2 Å². The molecule has 1 N–H and O–H groups in total. The molecule has 2 aliphatic heterocycles. The molecule has 4 nitrogen and oxygen atoms in total. The fourth-order valence-electron chi connectivity index (χ4n) is 4.00. The summed E-state index contributed by atoms with van der Waals surface area (Å²) in [5.41, 5.74) is 2.06. The van der Waals surface area contributed by atoms with Gasteiger partial charge in [0.25, 0.3) is 5.79 Å². The van der Waals surface area contributed by atoms with Gasteiger partial charge in [0.15, 0.2) is 11.5 Å². The lowest BCUT2D eigenvalue weighted by Crippen LogP contribution is -2.44. The molecule has 0 amide bonds. The summed E-state index contributed by atoms with van der Waals surface area (Å²) in [7, 11) is 1.65. The van der Waals surface area contributed by atoms with Crippen molar-refractivity contribution in [2.75, 3.05) is 7.11 Å². The van der Waals surface area contributed by atoms with Crippen LogP contribution in [0.15, 0.2) is 48.5 Å². The Bertz CT molecular complexity index is 995. The molecular weight excluding hydrogens is 316 g/mol. The number of phenols is 1. The summed E-state index contributed by atoms with van der Waals surface area (Å²) in [5, 5.41) is 12.4. The van der Waals surface area contributed by atoms with Crippen molar-refractivity contribution in [3.8, 4) is 23.0 Å². The third-order valence-electron chi connectivity index (χ3n) is 5.17. The third kappa shape index (κ3) is 2.00. The molecule has 0 radical (unpaired) electrons. The van der Waals surface area contributed by atoms with E-state index in [9.17, 15) is 5.11 Å². The van der Waals surface area contributed by atoms with Gasteiger partial charge in [0, 0.05) is 22.8 Å². The number of methoxy groups -OCH3 is 1. The average Bonchev–Trinajstić information content (AvgIpc) is 3.01. The highest BCUT2D eigenvalue weighted by Crippen LogP contribution is 2.53. The van der Waals surface area contributed by atoms with Crippen LogP contribution >= 0.6 is 0 Å². The van der Waals surface area contributed by atoms with E-state index in [-0.39, 0.29) is 5.75 Å². The first-order valence-electron chi connectivity index (χ1n) is 8.47. The molecule has 0 saturated carbocycles. The number of hydrogen-bond acceptors (Lipinski definition) is 4. The van der Waals surface area contributed by atoms with Crippen molar-refractivity contribution in [1.82, 2.24) is 0 Å². The molecule has 0 fully saturated rings. The van der Waals surface area contributed by atoms with Gasteiger partial charge < -0.3 is 19.3 Å². The normalized spacial score (nSPS) is 20.7. The minimum atomic E-state index is -0.779. The molecule has 2 heterocycles. The second kappa shape index (κ2) is 5.06. The Morgan fingerprint density at radius 2 is 1.76 bits per heavy atom. The van der Waals surface area contributed by atoms with Crippen LogP contribution in [0.4, 0.5) is 0 Å². The Morgan fingerprint density at radius 3 is 2.60 bits per heavy atom. The molecule has 4 heteroatoms. The number of para-hydroxylation sites is 1. The van der Waals surface area contributed by atoms with Crippen molar-refractivity contribution in [2.24, 2.45) is 0 Å². The Kier molecular flexibility index (Phi) is 2.93. The highest BCUT2D eigenvalue weighted by Gasteiger charge is 2.47. The van der Waals surface area contributed by atoms with E-state index in [1.54, 1.807) is 7.11 Å². The van der Waals surface area contributed by atoms with Crippen molar-refractivity contribution in [2.45, 2.75) is 25.0 Å². The SMILES string of the molecule is COc1c2c(c(O)c3ccccc13)O[C@@]1(CCc3ccccc3O1)C2. The van der Waals surface area contributed by atoms with E-state index < -0.39 is 5.79 Å². The predicted octanol–water partition coefficient (Wildman–Crippen LogP) is 4.21. The lowest BCUT2D eigenvalue weighted by Gasteiger charge is -2.34. The average molecular weight is 334 g/mol. The van der Waals surface area contributed by atoms with E-state index in [2.05, 4.69) is 6.07 Å². The molecule has 25 heavy (non-hydrogen) atoms. The summed E-state index contributed by atoms with van der Waals surface area (Å²) >= 11 is 0. The zero-order valence-electron chi connectivity index (χ0n) is 13.9. The van der Waals surface area contributed by atoms with Crippen LogP contribution in [0.1, 0.15) is 17.5 Å². The summed E-state index contributed by atoms with van der Waals surface area (Å²) < 4.78 is 18.2. The van der Waals surface area contributed by atoms with E-state index in [1.165, 1.54) is 5.56 Å². The van der Waals surface area contributed by atoms with Gasteiger partial charge in [-0.05, 0) is 18.1 Å². The molecule has 3 aromatic carbocycles. The predicted molar refractivity (Wildman–Crippen MR) is 94.6 cm³/mol. The Hall–Kier alpha value is -2.88. The number of benzene rings is 3. The lowest BCUT2D eigenvalue weighted by molar-refractivity contribution is -0.111. The van der Waals surface area contributed by atoms with Crippen LogP contribution in [0.25, 0.3) is 10.8 Å². The summed E-state index contributed by atoms with van der Waals surface area (Å²) in [6, 6.07) is 15.7. The molecule has 3 aromatic rings. The topological polar surface area (TPSA) is 47.9 Å².